The standard InChI is InChI=1S/C27H28N4O/c32-27(22-12-10-21(11-13-22)20-6-2-1-3-7-20)30-26-19-28-15-17-31(26)16-14-23-18-29-25-9-5-4-8-24(23)25/h1-13,18,26,28-29H,14-17,19H2,(H,30,32). The van der Waals surface area contributed by atoms with E-state index in [0.29, 0.717) is 5.56 Å². The van der Waals surface area contributed by atoms with Crippen molar-refractivity contribution in [1.29, 1.82) is 0 Å². The van der Waals surface area contributed by atoms with Gasteiger partial charge in [-0.15, -0.1) is 0 Å². The molecule has 1 saturated heterocycles. The highest BCUT2D eigenvalue weighted by molar-refractivity contribution is 5.94. The van der Waals surface area contributed by atoms with Gasteiger partial charge in [0.2, 0.25) is 0 Å². The second-order valence-electron chi connectivity index (χ2n) is 8.28. The molecule has 5 nitrogen and oxygen atoms in total. The minimum absolute atomic E-state index is 0.0183. The third-order valence-corrected chi connectivity index (χ3v) is 6.25. The number of nitrogens with one attached hydrogen (secondary N) is 3. The Hall–Kier alpha value is -3.41. The number of aromatic nitrogens is 1. The van der Waals surface area contributed by atoms with E-state index in [9.17, 15) is 4.79 Å². The molecule has 1 unspecified atom stereocenters. The molecule has 0 spiro atoms. The molecule has 1 atom stereocenters. The van der Waals surface area contributed by atoms with Gasteiger partial charge in [-0.3, -0.25) is 9.69 Å². The predicted molar refractivity (Wildman–Crippen MR) is 130 cm³/mol. The number of carbonyl (C=O) groups is 1. The number of hydrogen-bond acceptors (Lipinski definition) is 3. The van der Waals surface area contributed by atoms with E-state index in [1.165, 1.54) is 16.5 Å². The number of para-hydroxylation sites is 1. The topological polar surface area (TPSA) is 60.2 Å². The molecule has 1 aromatic heterocycles. The van der Waals surface area contributed by atoms with Crippen molar-refractivity contribution in [3.05, 3.63) is 96.2 Å². The fraction of sp³-hybridized carbons (Fsp3) is 0.222. The Morgan fingerprint density at radius 2 is 1.69 bits per heavy atom. The fourth-order valence-corrected chi connectivity index (χ4v) is 4.44. The van der Waals surface area contributed by atoms with Crippen molar-refractivity contribution in [3.8, 4) is 11.1 Å². The maximum atomic E-state index is 12.9. The summed E-state index contributed by atoms with van der Waals surface area (Å²) in [5, 5.41) is 7.92. The Labute approximate surface area is 188 Å². The minimum atomic E-state index is -0.0320. The van der Waals surface area contributed by atoms with E-state index in [1.54, 1.807) is 0 Å². The number of carbonyl (C=O) groups excluding carboxylic acids is 1. The van der Waals surface area contributed by atoms with Crippen molar-refractivity contribution < 1.29 is 4.79 Å². The van der Waals surface area contributed by atoms with Crippen LogP contribution in [0.15, 0.2) is 85.1 Å². The van der Waals surface area contributed by atoms with Crippen LogP contribution in [-0.2, 0) is 6.42 Å². The van der Waals surface area contributed by atoms with E-state index >= 15 is 0 Å². The Bertz CT molecular complexity index is 1180. The maximum Gasteiger partial charge on any atom is 0.252 e. The molecule has 162 valence electrons. The van der Waals surface area contributed by atoms with Crippen molar-refractivity contribution in [2.75, 3.05) is 26.2 Å². The lowest BCUT2D eigenvalue weighted by Gasteiger charge is -2.36. The molecule has 1 aliphatic heterocycles. The molecule has 4 aromatic rings. The number of piperazine rings is 1. The summed E-state index contributed by atoms with van der Waals surface area (Å²) in [6, 6.07) is 26.5. The third-order valence-electron chi connectivity index (χ3n) is 6.25. The van der Waals surface area contributed by atoms with Crippen LogP contribution in [0, 0.1) is 0 Å². The lowest BCUT2D eigenvalue weighted by Crippen LogP contribution is -2.59. The molecule has 0 bridgehead atoms. The van der Waals surface area contributed by atoms with E-state index < -0.39 is 0 Å². The van der Waals surface area contributed by atoms with Gasteiger partial charge in [-0.1, -0.05) is 60.7 Å². The van der Waals surface area contributed by atoms with Gasteiger partial charge in [0.05, 0.1) is 6.17 Å². The molecule has 0 saturated carbocycles. The van der Waals surface area contributed by atoms with Crippen molar-refractivity contribution in [2.24, 2.45) is 0 Å². The van der Waals surface area contributed by atoms with Crippen LogP contribution in [-0.4, -0.2) is 48.1 Å². The van der Waals surface area contributed by atoms with Crippen LogP contribution in [0.5, 0.6) is 0 Å². The van der Waals surface area contributed by atoms with Crippen molar-refractivity contribution in [1.82, 2.24) is 20.5 Å². The molecular weight excluding hydrogens is 396 g/mol. The Kier molecular flexibility index (Phi) is 6.01. The van der Waals surface area contributed by atoms with Gasteiger partial charge < -0.3 is 15.6 Å². The first-order valence-corrected chi connectivity index (χ1v) is 11.2. The van der Waals surface area contributed by atoms with E-state index in [2.05, 4.69) is 63.1 Å². The van der Waals surface area contributed by atoms with Crippen LogP contribution in [0.2, 0.25) is 0 Å². The molecule has 5 rings (SSSR count). The summed E-state index contributed by atoms with van der Waals surface area (Å²) in [5.41, 5.74) is 5.44. The Balaban J connectivity index is 1.23. The number of hydrogen-bond donors (Lipinski definition) is 3. The fourth-order valence-electron chi connectivity index (χ4n) is 4.44. The molecular formula is C27H28N4O. The first-order chi connectivity index (χ1) is 15.8. The zero-order chi connectivity index (χ0) is 21.8. The van der Waals surface area contributed by atoms with Crippen LogP contribution in [0.25, 0.3) is 22.0 Å². The maximum absolute atomic E-state index is 12.9. The smallest absolute Gasteiger partial charge is 0.252 e. The summed E-state index contributed by atoms with van der Waals surface area (Å²) in [7, 11) is 0. The number of amides is 1. The molecule has 0 radical (unpaired) electrons. The van der Waals surface area contributed by atoms with Gasteiger partial charge in [0, 0.05) is 48.8 Å². The van der Waals surface area contributed by atoms with Crippen LogP contribution in [0.3, 0.4) is 0 Å². The quantitative estimate of drug-likeness (QED) is 0.438. The number of benzene rings is 3. The van der Waals surface area contributed by atoms with E-state index in [4.69, 9.17) is 0 Å². The SMILES string of the molecule is O=C(NC1CNCCN1CCc1c[nH]c2ccccc12)c1ccc(-c2ccccc2)cc1. The number of fused-ring (bicyclic) bond motifs is 1. The lowest BCUT2D eigenvalue weighted by molar-refractivity contribution is 0.0807. The Morgan fingerprint density at radius 3 is 2.53 bits per heavy atom. The Morgan fingerprint density at radius 1 is 0.938 bits per heavy atom. The summed E-state index contributed by atoms with van der Waals surface area (Å²) < 4.78 is 0. The van der Waals surface area contributed by atoms with E-state index in [0.717, 1.165) is 43.7 Å². The average Bonchev–Trinajstić information content (AvgIpc) is 3.27. The monoisotopic (exact) mass is 424 g/mol. The number of H-pyrrole nitrogens is 1. The summed E-state index contributed by atoms with van der Waals surface area (Å²) in [6.07, 6.45) is 3.03. The van der Waals surface area contributed by atoms with Crippen LogP contribution in [0.4, 0.5) is 0 Å². The largest absolute Gasteiger partial charge is 0.361 e. The third kappa shape index (κ3) is 4.44. The average molecular weight is 425 g/mol. The molecule has 1 aliphatic rings. The minimum Gasteiger partial charge on any atom is -0.361 e. The van der Waals surface area contributed by atoms with Crippen molar-refractivity contribution >= 4 is 16.8 Å². The van der Waals surface area contributed by atoms with E-state index in [1.807, 2.05) is 42.5 Å². The molecule has 3 N–H and O–H groups in total. The summed E-state index contributed by atoms with van der Waals surface area (Å²) >= 11 is 0. The van der Waals surface area contributed by atoms with Gasteiger partial charge >= 0.3 is 0 Å². The summed E-state index contributed by atoms with van der Waals surface area (Å²) in [5.74, 6) is -0.0320. The highest BCUT2D eigenvalue weighted by atomic mass is 16.1. The van der Waals surface area contributed by atoms with Crippen LogP contribution >= 0.6 is 0 Å². The predicted octanol–water partition coefficient (Wildman–Crippen LogP) is 4.04. The highest BCUT2D eigenvalue weighted by Crippen LogP contribution is 2.20. The second-order valence-corrected chi connectivity index (χ2v) is 8.28. The van der Waals surface area contributed by atoms with Gasteiger partial charge in [-0.2, -0.15) is 0 Å². The molecule has 0 aliphatic carbocycles. The van der Waals surface area contributed by atoms with Crippen LogP contribution < -0.4 is 10.6 Å². The zero-order valence-electron chi connectivity index (χ0n) is 18.1. The van der Waals surface area contributed by atoms with Crippen LogP contribution in [0.1, 0.15) is 15.9 Å². The van der Waals surface area contributed by atoms with Gasteiger partial charge in [-0.05, 0) is 41.3 Å². The number of rotatable bonds is 6. The van der Waals surface area contributed by atoms with Gasteiger partial charge in [0.25, 0.3) is 5.91 Å². The number of nitrogens with zero attached hydrogens (tertiary/aromatic N) is 1. The zero-order valence-corrected chi connectivity index (χ0v) is 18.1. The number of aromatic amines is 1. The van der Waals surface area contributed by atoms with Gasteiger partial charge in [0.1, 0.15) is 0 Å². The molecule has 5 heteroatoms. The van der Waals surface area contributed by atoms with Gasteiger partial charge in [-0.25, -0.2) is 0 Å². The summed E-state index contributed by atoms with van der Waals surface area (Å²) in [6.45, 7) is 3.51. The molecule has 32 heavy (non-hydrogen) atoms. The summed E-state index contributed by atoms with van der Waals surface area (Å²) in [4.78, 5) is 18.7. The van der Waals surface area contributed by atoms with Crippen molar-refractivity contribution in [3.63, 3.8) is 0 Å². The lowest BCUT2D eigenvalue weighted by atomic mass is 10.0. The second kappa shape index (κ2) is 9.39. The molecule has 2 heterocycles. The molecule has 1 fully saturated rings. The van der Waals surface area contributed by atoms with Crippen molar-refractivity contribution in [2.45, 2.75) is 12.6 Å². The first-order valence-electron chi connectivity index (χ1n) is 11.2. The molecule has 3 aromatic carbocycles. The van der Waals surface area contributed by atoms with E-state index in [-0.39, 0.29) is 12.1 Å². The highest BCUT2D eigenvalue weighted by Gasteiger charge is 2.24. The van der Waals surface area contributed by atoms with Gasteiger partial charge in [0.15, 0.2) is 0 Å². The normalized spacial score (nSPS) is 16.8. The first kappa shape index (κ1) is 20.5. The molecule has 1 amide bonds.